The number of ether oxygens (including phenoxy) is 2. The molecule has 0 saturated heterocycles. The number of allylic oxidation sites excluding steroid dienone is 2. The van der Waals surface area contributed by atoms with Gasteiger partial charge in [-0.1, -0.05) is 6.08 Å². The smallest absolute Gasteiger partial charge is 0.419 e. The summed E-state index contributed by atoms with van der Waals surface area (Å²) in [5.74, 6) is -3.34. The van der Waals surface area contributed by atoms with Crippen molar-refractivity contribution in [2.75, 3.05) is 19.1 Å². The molecule has 0 aliphatic carbocycles. The monoisotopic (exact) mass is 371 g/mol. The standard InChI is InChI=1S/C17H13F4NO4/c1-25-15(23)11-5-3-4-8-22(14(11)16(24)26-2)10-6-7-13(18)12(9-10)17(19,20)21/h3-9H,1-2H3. The van der Waals surface area contributed by atoms with E-state index in [1.165, 1.54) is 24.4 Å². The SMILES string of the molecule is COC(=O)C1=C(C(=O)OC)N(c2ccc(F)c(C(F)(F)F)c2)C=CC=C1. The molecule has 1 aromatic carbocycles. The van der Waals surface area contributed by atoms with E-state index in [4.69, 9.17) is 0 Å². The van der Waals surface area contributed by atoms with Crippen LogP contribution in [-0.2, 0) is 25.2 Å². The maximum Gasteiger partial charge on any atom is 0.419 e. The second-order valence-corrected chi connectivity index (χ2v) is 4.98. The van der Waals surface area contributed by atoms with Gasteiger partial charge in [0.1, 0.15) is 11.5 Å². The van der Waals surface area contributed by atoms with E-state index in [0.717, 1.165) is 25.2 Å². The number of methoxy groups -OCH3 is 2. The zero-order chi connectivity index (χ0) is 19.5. The van der Waals surface area contributed by atoms with Gasteiger partial charge in [-0.25, -0.2) is 14.0 Å². The van der Waals surface area contributed by atoms with Crippen LogP contribution in [0.2, 0.25) is 0 Å². The number of anilines is 1. The van der Waals surface area contributed by atoms with Crippen LogP contribution in [-0.4, -0.2) is 26.2 Å². The van der Waals surface area contributed by atoms with Crippen LogP contribution >= 0.6 is 0 Å². The summed E-state index contributed by atoms with van der Waals surface area (Å²) in [5.41, 5.74) is -2.31. The molecule has 0 fully saturated rings. The third-order valence-corrected chi connectivity index (χ3v) is 3.42. The number of hydrogen-bond acceptors (Lipinski definition) is 5. The number of esters is 2. The lowest BCUT2D eigenvalue weighted by molar-refractivity contribution is -0.140. The fourth-order valence-corrected chi connectivity index (χ4v) is 2.25. The summed E-state index contributed by atoms with van der Waals surface area (Å²) < 4.78 is 61.8. The Morgan fingerprint density at radius 1 is 1.04 bits per heavy atom. The molecule has 5 nitrogen and oxygen atoms in total. The fourth-order valence-electron chi connectivity index (χ4n) is 2.25. The van der Waals surface area contributed by atoms with Crippen LogP contribution in [0.4, 0.5) is 23.2 Å². The minimum absolute atomic E-state index is 0.194. The molecule has 1 aromatic rings. The molecule has 2 rings (SSSR count). The number of alkyl halides is 3. The Hall–Kier alpha value is -3.10. The van der Waals surface area contributed by atoms with Crippen molar-refractivity contribution in [1.82, 2.24) is 0 Å². The lowest BCUT2D eigenvalue weighted by atomic mass is 10.1. The summed E-state index contributed by atoms with van der Waals surface area (Å²) in [5, 5.41) is 0. The number of carbonyl (C=O) groups is 2. The molecule has 1 heterocycles. The summed E-state index contributed by atoms with van der Waals surface area (Å²) in [6, 6.07) is 2.19. The van der Waals surface area contributed by atoms with Gasteiger partial charge in [-0.15, -0.1) is 0 Å². The first-order chi connectivity index (χ1) is 12.2. The number of nitrogens with zero attached hydrogens (tertiary/aromatic N) is 1. The first kappa shape index (κ1) is 19.2. The maximum atomic E-state index is 13.5. The zero-order valence-corrected chi connectivity index (χ0v) is 13.6. The van der Waals surface area contributed by atoms with Gasteiger partial charge in [0.15, 0.2) is 0 Å². The normalized spacial score (nSPS) is 14.3. The van der Waals surface area contributed by atoms with E-state index >= 15 is 0 Å². The molecule has 0 unspecified atom stereocenters. The minimum Gasteiger partial charge on any atom is -0.465 e. The number of rotatable bonds is 3. The summed E-state index contributed by atoms with van der Waals surface area (Å²) in [7, 11) is 2.13. The quantitative estimate of drug-likeness (QED) is 0.603. The number of benzene rings is 1. The molecular formula is C17H13F4NO4. The van der Waals surface area contributed by atoms with Gasteiger partial charge in [-0.3, -0.25) is 0 Å². The van der Waals surface area contributed by atoms with Crippen molar-refractivity contribution < 1.29 is 36.6 Å². The van der Waals surface area contributed by atoms with Gasteiger partial charge in [-0.2, -0.15) is 13.2 Å². The van der Waals surface area contributed by atoms with Crippen molar-refractivity contribution in [3.8, 4) is 0 Å². The third-order valence-electron chi connectivity index (χ3n) is 3.42. The van der Waals surface area contributed by atoms with Crippen LogP contribution in [0.3, 0.4) is 0 Å². The molecule has 26 heavy (non-hydrogen) atoms. The fraction of sp³-hybridized carbons (Fsp3) is 0.176. The molecule has 1 aliphatic heterocycles. The Labute approximate surface area is 145 Å². The van der Waals surface area contributed by atoms with Gasteiger partial charge in [0.25, 0.3) is 0 Å². The predicted molar refractivity (Wildman–Crippen MR) is 83.2 cm³/mol. The van der Waals surface area contributed by atoms with Crippen LogP contribution < -0.4 is 4.90 Å². The number of carbonyl (C=O) groups excluding carboxylic acids is 2. The molecule has 1 aliphatic rings. The topological polar surface area (TPSA) is 55.8 Å². The van der Waals surface area contributed by atoms with Gasteiger partial charge in [0.2, 0.25) is 0 Å². The van der Waals surface area contributed by atoms with Crippen molar-refractivity contribution in [3.63, 3.8) is 0 Å². The molecule has 0 atom stereocenters. The second-order valence-electron chi connectivity index (χ2n) is 4.98. The molecule has 0 radical (unpaired) electrons. The summed E-state index contributed by atoms with van der Waals surface area (Å²) in [6.45, 7) is 0. The number of halogens is 4. The van der Waals surface area contributed by atoms with E-state index in [0.29, 0.717) is 12.1 Å². The first-order valence-electron chi connectivity index (χ1n) is 7.12. The van der Waals surface area contributed by atoms with Crippen LogP contribution in [0.25, 0.3) is 0 Å². The predicted octanol–water partition coefficient (Wildman–Crippen LogP) is 3.33. The first-order valence-corrected chi connectivity index (χ1v) is 7.12. The molecular weight excluding hydrogens is 358 g/mol. The molecule has 9 heteroatoms. The Kier molecular flexibility index (Phi) is 5.49. The average molecular weight is 371 g/mol. The van der Waals surface area contributed by atoms with E-state index in [1.54, 1.807) is 0 Å². The van der Waals surface area contributed by atoms with Gasteiger partial charge < -0.3 is 14.4 Å². The van der Waals surface area contributed by atoms with Crippen LogP contribution in [0.1, 0.15) is 5.56 Å². The van der Waals surface area contributed by atoms with Crippen LogP contribution in [0.5, 0.6) is 0 Å². The highest BCUT2D eigenvalue weighted by atomic mass is 19.4. The second kappa shape index (κ2) is 7.42. The van der Waals surface area contributed by atoms with E-state index in [2.05, 4.69) is 9.47 Å². The Balaban J connectivity index is 2.70. The lowest BCUT2D eigenvalue weighted by Gasteiger charge is -2.24. The van der Waals surface area contributed by atoms with E-state index in [1.807, 2.05) is 0 Å². The summed E-state index contributed by atoms with van der Waals surface area (Å²) in [6.07, 6.45) is 0.335. The van der Waals surface area contributed by atoms with Gasteiger partial charge in [0.05, 0.1) is 25.4 Å². The van der Waals surface area contributed by atoms with Gasteiger partial charge in [-0.05, 0) is 30.4 Å². The average Bonchev–Trinajstić information content (AvgIpc) is 2.82. The molecule has 0 bridgehead atoms. The van der Waals surface area contributed by atoms with Gasteiger partial charge in [0, 0.05) is 11.9 Å². The minimum atomic E-state index is -4.94. The van der Waals surface area contributed by atoms with E-state index in [9.17, 15) is 27.2 Å². The highest BCUT2D eigenvalue weighted by Crippen LogP contribution is 2.35. The van der Waals surface area contributed by atoms with Crippen molar-refractivity contribution >= 4 is 17.6 Å². The van der Waals surface area contributed by atoms with Gasteiger partial charge >= 0.3 is 18.1 Å². The molecule has 0 aromatic heterocycles. The highest BCUT2D eigenvalue weighted by Gasteiger charge is 2.35. The highest BCUT2D eigenvalue weighted by molar-refractivity contribution is 6.05. The summed E-state index contributed by atoms with van der Waals surface area (Å²) >= 11 is 0. The van der Waals surface area contributed by atoms with Crippen LogP contribution in [0, 0.1) is 5.82 Å². The molecule has 0 spiro atoms. The molecule has 138 valence electrons. The Bertz CT molecular complexity index is 825. The van der Waals surface area contributed by atoms with Crippen molar-refractivity contribution in [3.05, 3.63) is 65.3 Å². The van der Waals surface area contributed by atoms with E-state index in [-0.39, 0.29) is 17.0 Å². The summed E-state index contributed by atoms with van der Waals surface area (Å²) in [4.78, 5) is 25.2. The molecule has 0 amide bonds. The molecule has 0 N–H and O–H groups in total. The van der Waals surface area contributed by atoms with Crippen molar-refractivity contribution in [2.24, 2.45) is 0 Å². The number of hydrogen-bond donors (Lipinski definition) is 0. The molecule has 0 saturated carbocycles. The lowest BCUT2D eigenvalue weighted by Crippen LogP contribution is -2.27. The van der Waals surface area contributed by atoms with Crippen LogP contribution in [0.15, 0.2) is 53.9 Å². The van der Waals surface area contributed by atoms with Crippen molar-refractivity contribution in [2.45, 2.75) is 6.18 Å². The third kappa shape index (κ3) is 3.76. The largest absolute Gasteiger partial charge is 0.465 e. The Morgan fingerprint density at radius 2 is 1.69 bits per heavy atom. The Morgan fingerprint density at radius 3 is 2.27 bits per heavy atom. The maximum absolute atomic E-state index is 13.5. The van der Waals surface area contributed by atoms with E-state index < -0.39 is 29.5 Å². The van der Waals surface area contributed by atoms with Crippen molar-refractivity contribution in [1.29, 1.82) is 0 Å². The zero-order valence-electron chi connectivity index (χ0n) is 13.6.